The van der Waals surface area contributed by atoms with Crippen LogP contribution in [0.5, 0.6) is 0 Å². The van der Waals surface area contributed by atoms with E-state index in [0.717, 1.165) is 16.7 Å². The number of hydrogen-bond acceptors (Lipinski definition) is 0. The lowest BCUT2D eigenvalue weighted by Crippen LogP contribution is -2.26. The molecule has 2 saturated carbocycles. The molecule has 0 aromatic rings. The van der Waals surface area contributed by atoms with Crippen molar-refractivity contribution in [2.45, 2.75) is 40.0 Å². The average Bonchev–Trinajstić information content (AvgIpc) is 2.06. The summed E-state index contributed by atoms with van der Waals surface area (Å²) in [6.07, 6.45) is 4.53. The molecule has 0 heteroatoms. The highest BCUT2D eigenvalue weighted by Gasteiger charge is 2.65. The minimum Gasteiger partial charge on any atom is -0.0625 e. The SMILES string of the molecule is CC1CC2(C1)CC2(C)C. The quantitative estimate of drug-likeness (QED) is 0.466. The fourth-order valence-electron chi connectivity index (χ4n) is 2.77. The molecule has 52 valence electrons. The van der Waals surface area contributed by atoms with Crippen molar-refractivity contribution in [3.8, 4) is 0 Å². The predicted molar refractivity (Wildman–Crippen MR) is 39.2 cm³/mol. The van der Waals surface area contributed by atoms with Gasteiger partial charge in [0.25, 0.3) is 0 Å². The first-order valence-electron chi connectivity index (χ1n) is 4.06. The van der Waals surface area contributed by atoms with E-state index in [1.165, 1.54) is 19.3 Å². The molecular weight excluding hydrogens is 108 g/mol. The van der Waals surface area contributed by atoms with Crippen molar-refractivity contribution in [2.24, 2.45) is 16.7 Å². The molecule has 2 fully saturated rings. The van der Waals surface area contributed by atoms with E-state index in [4.69, 9.17) is 0 Å². The zero-order chi connectivity index (χ0) is 6.70. The molecule has 9 heavy (non-hydrogen) atoms. The first-order valence-corrected chi connectivity index (χ1v) is 4.06. The van der Waals surface area contributed by atoms with E-state index in [-0.39, 0.29) is 0 Å². The highest BCUT2D eigenvalue weighted by Crippen LogP contribution is 2.74. The van der Waals surface area contributed by atoms with Crippen LogP contribution in [0.1, 0.15) is 40.0 Å². The van der Waals surface area contributed by atoms with E-state index in [9.17, 15) is 0 Å². The fourth-order valence-corrected chi connectivity index (χ4v) is 2.77. The first-order chi connectivity index (χ1) is 4.06. The molecular formula is C9H16. The number of hydrogen-bond donors (Lipinski definition) is 0. The Hall–Kier alpha value is 0. The summed E-state index contributed by atoms with van der Waals surface area (Å²) in [6.45, 7) is 7.21. The number of rotatable bonds is 0. The Morgan fingerprint density at radius 3 is 1.78 bits per heavy atom. The van der Waals surface area contributed by atoms with Gasteiger partial charge in [0.05, 0.1) is 0 Å². The van der Waals surface area contributed by atoms with Gasteiger partial charge in [-0.25, -0.2) is 0 Å². The van der Waals surface area contributed by atoms with Crippen LogP contribution in [0.3, 0.4) is 0 Å². The van der Waals surface area contributed by atoms with E-state index in [1.807, 2.05) is 0 Å². The van der Waals surface area contributed by atoms with Crippen molar-refractivity contribution in [1.29, 1.82) is 0 Å². The van der Waals surface area contributed by atoms with Gasteiger partial charge in [-0.05, 0) is 36.0 Å². The summed E-state index contributed by atoms with van der Waals surface area (Å²) >= 11 is 0. The second-order valence-electron chi connectivity index (χ2n) is 4.85. The maximum atomic E-state index is 2.42. The lowest BCUT2D eigenvalue weighted by atomic mass is 9.69. The third-order valence-electron chi connectivity index (χ3n) is 3.57. The Kier molecular flexibility index (Phi) is 0.774. The normalized spacial score (nSPS) is 53.0. The van der Waals surface area contributed by atoms with Gasteiger partial charge in [0.2, 0.25) is 0 Å². The second-order valence-corrected chi connectivity index (χ2v) is 4.85. The molecule has 0 bridgehead atoms. The Labute approximate surface area is 57.6 Å². The topological polar surface area (TPSA) is 0 Å². The summed E-state index contributed by atoms with van der Waals surface area (Å²) in [5.74, 6) is 1.03. The monoisotopic (exact) mass is 124 g/mol. The molecule has 0 aromatic heterocycles. The van der Waals surface area contributed by atoms with Gasteiger partial charge in [-0.2, -0.15) is 0 Å². The average molecular weight is 124 g/mol. The van der Waals surface area contributed by atoms with Crippen molar-refractivity contribution in [2.75, 3.05) is 0 Å². The maximum Gasteiger partial charge on any atom is -0.0236 e. The van der Waals surface area contributed by atoms with Gasteiger partial charge in [0.15, 0.2) is 0 Å². The molecule has 0 heterocycles. The minimum atomic E-state index is 0.722. The van der Waals surface area contributed by atoms with Crippen molar-refractivity contribution in [3.63, 3.8) is 0 Å². The van der Waals surface area contributed by atoms with Gasteiger partial charge in [-0.1, -0.05) is 20.8 Å². The summed E-state index contributed by atoms with van der Waals surface area (Å²) in [7, 11) is 0. The van der Waals surface area contributed by atoms with E-state index in [0.29, 0.717) is 0 Å². The van der Waals surface area contributed by atoms with Gasteiger partial charge in [0.1, 0.15) is 0 Å². The lowest BCUT2D eigenvalue weighted by Gasteiger charge is -2.36. The zero-order valence-corrected chi connectivity index (χ0v) is 6.70. The van der Waals surface area contributed by atoms with Gasteiger partial charge in [-0.15, -0.1) is 0 Å². The van der Waals surface area contributed by atoms with E-state index < -0.39 is 0 Å². The Balaban J connectivity index is 2.03. The van der Waals surface area contributed by atoms with Crippen molar-refractivity contribution >= 4 is 0 Å². The Bertz CT molecular complexity index is 138. The first kappa shape index (κ1) is 5.76. The van der Waals surface area contributed by atoms with Gasteiger partial charge < -0.3 is 0 Å². The Morgan fingerprint density at radius 1 is 1.22 bits per heavy atom. The highest BCUT2D eigenvalue weighted by atomic mass is 14.7. The van der Waals surface area contributed by atoms with Gasteiger partial charge in [-0.3, -0.25) is 0 Å². The maximum absolute atomic E-state index is 2.42. The molecule has 1 spiro atoms. The molecule has 0 N–H and O–H groups in total. The van der Waals surface area contributed by atoms with Crippen LogP contribution in [0.15, 0.2) is 0 Å². The summed E-state index contributed by atoms with van der Waals surface area (Å²) in [5, 5.41) is 0. The molecule has 0 nitrogen and oxygen atoms in total. The van der Waals surface area contributed by atoms with Gasteiger partial charge >= 0.3 is 0 Å². The van der Waals surface area contributed by atoms with E-state index in [2.05, 4.69) is 20.8 Å². The molecule has 0 saturated heterocycles. The second kappa shape index (κ2) is 1.21. The van der Waals surface area contributed by atoms with E-state index >= 15 is 0 Å². The van der Waals surface area contributed by atoms with Crippen LogP contribution >= 0.6 is 0 Å². The van der Waals surface area contributed by atoms with Crippen molar-refractivity contribution in [3.05, 3.63) is 0 Å². The molecule has 0 aromatic carbocycles. The van der Waals surface area contributed by atoms with E-state index in [1.54, 1.807) is 0 Å². The molecule has 0 aliphatic heterocycles. The van der Waals surface area contributed by atoms with Crippen LogP contribution in [0.4, 0.5) is 0 Å². The molecule has 0 unspecified atom stereocenters. The van der Waals surface area contributed by atoms with Gasteiger partial charge in [0, 0.05) is 0 Å². The van der Waals surface area contributed by atoms with Crippen molar-refractivity contribution < 1.29 is 0 Å². The molecule has 2 aliphatic rings. The molecule has 0 amide bonds. The van der Waals surface area contributed by atoms with Crippen molar-refractivity contribution in [1.82, 2.24) is 0 Å². The minimum absolute atomic E-state index is 0.722. The summed E-state index contributed by atoms with van der Waals surface area (Å²) < 4.78 is 0. The van der Waals surface area contributed by atoms with Crippen LogP contribution in [0.2, 0.25) is 0 Å². The molecule has 0 atom stereocenters. The third kappa shape index (κ3) is 0.544. The summed E-state index contributed by atoms with van der Waals surface area (Å²) in [6, 6.07) is 0. The largest absolute Gasteiger partial charge is 0.0625 e. The summed E-state index contributed by atoms with van der Waals surface area (Å²) in [4.78, 5) is 0. The van der Waals surface area contributed by atoms with Crippen LogP contribution < -0.4 is 0 Å². The smallest absolute Gasteiger partial charge is 0.0236 e. The molecule has 2 aliphatic carbocycles. The standard InChI is InChI=1S/C9H16/c1-7-4-9(5-7)6-8(9,2)3/h7H,4-6H2,1-3H3. The Morgan fingerprint density at radius 2 is 1.67 bits per heavy atom. The zero-order valence-electron chi connectivity index (χ0n) is 6.70. The summed E-state index contributed by atoms with van der Waals surface area (Å²) in [5.41, 5.74) is 1.56. The highest BCUT2D eigenvalue weighted by molar-refractivity contribution is 5.15. The predicted octanol–water partition coefficient (Wildman–Crippen LogP) is 2.83. The lowest BCUT2D eigenvalue weighted by molar-refractivity contribution is 0.141. The van der Waals surface area contributed by atoms with Crippen LogP contribution in [-0.2, 0) is 0 Å². The third-order valence-corrected chi connectivity index (χ3v) is 3.57. The van der Waals surface area contributed by atoms with Crippen LogP contribution in [0.25, 0.3) is 0 Å². The van der Waals surface area contributed by atoms with Crippen LogP contribution in [-0.4, -0.2) is 0 Å². The van der Waals surface area contributed by atoms with Crippen LogP contribution in [0, 0.1) is 16.7 Å². The fraction of sp³-hybridized carbons (Fsp3) is 1.00. The molecule has 0 radical (unpaired) electrons. The molecule has 2 rings (SSSR count).